The van der Waals surface area contributed by atoms with Crippen LogP contribution >= 0.6 is 0 Å². The van der Waals surface area contributed by atoms with Crippen molar-refractivity contribution in [3.05, 3.63) is 46.5 Å². The molecule has 0 unspecified atom stereocenters. The highest BCUT2D eigenvalue weighted by molar-refractivity contribution is 6.10. The zero-order valence-electron chi connectivity index (χ0n) is 11.5. The molecule has 21 heavy (non-hydrogen) atoms. The van der Waals surface area contributed by atoms with Crippen LogP contribution in [0.15, 0.2) is 18.7 Å². The summed E-state index contributed by atoms with van der Waals surface area (Å²) in [7, 11) is 0. The van der Waals surface area contributed by atoms with Crippen molar-refractivity contribution >= 4 is 17.7 Å². The van der Waals surface area contributed by atoms with Crippen LogP contribution in [0.1, 0.15) is 49.1 Å². The average molecular weight is 292 g/mol. The van der Waals surface area contributed by atoms with Crippen LogP contribution < -0.4 is 0 Å². The van der Waals surface area contributed by atoms with Crippen LogP contribution in [-0.4, -0.2) is 39.6 Å². The Kier molecular flexibility index (Phi) is 5.37. The van der Waals surface area contributed by atoms with Crippen molar-refractivity contribution in [2.75, 3.05) is 6.61 Å². The predicted molar refractivity (Wildman–Crippen MR) is 75.1 cm³/mol. The third-order valence-electron chi connectivity index (χ3n) is 3.16. The SMILES string of the molecule is C=CC(=O)c1cc(C(=O)O)c(C(=O)O)c(CCO)c1CC. The summed E-state index contributed by atoms with van der Waals surface area (Å²) in [5.41, 5.74) is -0.130. The number of benzene rings is 1. The Hall–Kier alpha value is -2.47. The second-order valence-corrected chi connectivity index (χ2v) is 4.31. The molecule has 0 heterocycles. The van der Waals surface area contributed by atoms with Crippen molar-refractivity contribution in [1.29, 1.82) is 0 Å². The van der Waals surface area contributed by atoms with Gasteiger partial charge in [0.25, 0.3) is 0 Å². The molecule has 0 aliphatic rings. The van der Waals surface area contributed by atoms with Gasteiger partial charge in [0.2, 0.25) is 0 Å². The fourth-order valence-electron chi connectivity index (χ4n) is 2.31. The summed E-state index contributed by atoms with van der Waals surface area (Å²) in [6.45, 7) is 4.73. The lowest BCUT2D eigenvalue weighted by Crippen LogP contribution is -2.18. The van der Waals surface area contributed by atoms with Crippen molar-refractivity contribution < 1.29 is 29.7 Å². The molecule has 1 aromatic rings. The van der Waals surface area contributed by atoms with Crippen LogP contribution in [0.25, 0.3) is 0 Å². The first-order chi connectivity index (χ1) is 9.88. The van der Waals surface area contributed by atoms with E-state index < -0.39 is 23.3 Å². The highest BCUT2D eigenvalue weighted by Gasteiger charge is 2.26. The number of carboxylic acid groups (broad SMARTS) is 2. The van der Waals surface area contributed by atoms with Gasteiger partial charge in [0.05, 0.1) is 11.1 Å². The largest absolute Gasteiger partial charge is 0.478 e. The predicted octanol–water partition coefficient (Wildman–Crippen LogP) is 1.55. The molecule has 0 aromatic heterocycles. The highest BCUT2D eigenvalue weighted by atomic mass is 16.4. The smallest absolute Gasteiger partial charge is 0.336 e. The van der Waals surface area contributed by atoms with Gasteiger partial charge in [-0.05, 0) is 36.1 Å². The van der Waals surface area contributed by atoms with Gasteiger partial charge >= 0.3 is 11.9 Å². The summed E-state index contributed by atoms with van der Waals surface area (Å²) in [5, 5.41) is 27.6. The van der Waals surface area contributed by atoms with E-state index in [0.717, 1.165) is 12.1 Å². The van der Waals surface area contributed by atoms with E-state index >= 15 is 0 Å². The number of ketones is 1. The van der Waals surface area contributed by atoms with Crippen LogP contribution in [0.2, 0.25) is 0 Å². The Bertz CT molecular complexity index is 615. The second kappa shape index (κ2) is 6.81. The molecule has 0 atom stereocenters. The summed E-state index contributed by atoms with van der Waals surface area (Å²) < 4.78 is 0. The van der Waals surface area contributed by atoms with Crippen molar-refractivity contribution in [3.63, 3.8) is 0 Å². The number of carbonyl (C=O) groups is 3. The highest BCUT2D eigenvalue weighted by Crippen LogP contribution is 2.26. The number of aromatic carboxylic acids is 2. The van der Waals surface area contributed by atoms with Gasteiger partial charge in [-0.1, -0.05) is 13.5 Å². The first-order valence-electron chi connectivity index (χ1n) is 6.31. The van der Waals surface area contributed by atoms with Gasteiger partial charge in [-0.25, -0.2) is 9.59 Å². The number of carbonyl (C=O) groups excluding carboxylic acids is 1. The minimum atomic E-state index is -1.44. The lowest BCUT2D eigenvalue weighted by atomic mass is 9.87. The third-order valence-corrected chi connectivity index (χ3v) is 3.16. The average Bonchev–Trinajstić information content (AvgIpc) is 2.44. The lowest BCUT2D eigenvalue weighted by Gasteiger charge is -2.16. The maximum atomic E-state index is 11.9. The number of aliphatic hydroxyl groups excluding tert-OH is 1. The van der Waals surface area contributed by atoms with Crippen LogP contribution in [0.3, 0.4) is 0 Å². The number of hydrogen-bond donors (Lipinski definition) is 3. The maximum absolute atomic E-state index is 11.9. The van der Waals surface area contributed by atoms with Gasteiger partial charge < -0.3 is 15.3 Å². The van der Waals surface area contributed by atoms with Gasteiger partial charge in [-0.15, -0.1) is 0 Å². The molecular weight excluding hydrogens is 276 g/mol. The molecule has 3 N–H and O–H groups in total. The molecule has 0 radical (unpaired) electrons. The van der Waals surface area contributed by atoms with Crippen molar-refractivity contribution in [3.8, 4) is 0 Å². The van der Waals surface area contributed by atoms with Crippen LogP contribution in [0, 0.1) is 0 Å². The molecule has 0 saturated carbocycles. The topological polar surface area (TPSA) is 112 Å². The van der Waals surface area contributed by atoms with Gasteiger partial charge in [0.15, 0.2) is 5.78 Å². The first-order valence-corrected chi connectivity index (χ1v) is 6.31. The molecule has 0 saturated heterocycles. The summed E-state index contributed by atoms with van der Waals surface area (Å²) in [4.78, 5) is 34.6. The normalized spacial score (nSPS) is 10.2. The minimum Gasteiger partial charge on any atom is -0.478 e. The second-order valence-electron chi connectivity index (χ2n) is 4.31. The Labute approximate surface area is 121 Å². The first kappa shape index (κ1) is 16.6. The molecule has 0 bridgehead atoms. The number of aliphatic hydroxyl groups is 1. The molecule has 6 heteroatoms. The quantitative estimate of drug-likeness (QED) is 0.519. The number of hydrogen-bond acceptors (Lipinski definition) is 4. The minimum absolute atomic E-state index is 0.0383. The Morgan fingerprint density at radius 3 is 2.14 bits per heavy atom. The Balaban J connectivity index is 3.87. The molecule has 0 fully saturated rings. The number of allylic oxidation sites excluding steroid dienone is 1. The van der Waals surface area contributed by atoms with Crippen LogP contribution in [0.4, 0.5) is 0 Å². The van der Waals surface area contributed by atoms with Crippen molar-refractivity contribution in [2.45, 2.75) is 19.8 Å². The molecule has 1 aromatic carbocycles. The summed E-state index contributed by atoms with van der Waals surface area (Å²) in [6, 6.07) is 1.06. The lowest BCUT2D eigenvalue weighted by molar-refractivity contribution is 0.0650. The van der Waals surface area contributed by atoms with E-state index in [2.05, 4.69) is 6.58 Å². The van der Waals surface area contributed by atoms with Crippen molar-refractivity contribution in [1.82, 2.24) is 0 Å². The van der Waals surface area contributed by atoms with Gasteiger partial charge in [0.1, 0.15) is 0 Å². The Morgan fingerprint density at radius 1 is 1.14 bits per heavy atom. The van der Waals surface area contributed by atoms with Gasteiger partial charge in [-0.3, -0.25) is 4.79 Å². The molecule has 1 rings (SSSR count). The molecule has 0 aliphatic heterocycles. The molecule has 6 nitrogen and oxygen atoms in total. The molecule has 0 spiro atoms. The van der Waals surface area contributed by atoms with E-state index in [1.165, 1.54) is 0 Å². The van der Waals surface area contributed by atoms with E-state index in [-0.39, 0.29) is 29.7 Å². The molecule has 112 valence electrons. The van der Waals surface area contributed by atoms with E-state index in [1.807, 2.05) is 0 Å². The van der Waals surface area contributed by atoms with E-state index in [0.29, 0.717) is 12.0 Å². The fourth-order valence-corrected chi connectivity index (χ4v) is 2.31. The zero-order chi connectivity index (χ0) is 16.2. The summed E-state index contributed by atoms with van der Waals surface area (Å²) >= 11 is 0. The van der Waals surface area contributed by atoms with Crippen molar-refractivity contribution in [2.24, 2.45) is 0 Å². The number of carboxylic acids is 2. The van der Waals surface area contributed by atoms with E-state index in [9.17, 15) is 24.6 Å². The maximum Gasteiger partial charge on any atom is 0.336 e. The van der Waals surface area contributed by atoms with Gasteiger partial charge in [0, 0.05) is 12.2 Å². The molecule has 0 aliphatic carbocycles. The molecule has 0 amide bonds. The van der Waals surface area contributed by atoms with Crippen LogP contribution in [-0.2, 0) is 12.8 Å². The van der Waals surface area contributed by atoms with Crippen LogP contribution in [0.5, 0.6) is 0 Å². The monoisotopic (exact) mass is 292 g/mol. The van der Waals surface area contributed by atoms with Gasteiger partial charge in [-0.2, -0.15) is 0 Å². The summed E-state index contributed by atoms with van der Waals surface area (Å²) in [5.74, 6) is -3.32. The van der Waals surface area contributed by atoms with E-state index in [1.54, 1.807) is 6.92 Å². The fraction of sp³-hybridized carbons (Fsp3) is 0.267. The third kappa shape index (κ3) is 3.17. The Morgan fingerprint density at radius 2 is 1.76 bits per heavy atom. The zero-order valence-corrected chi connectivity index (χ0v) is 11.5. The number of rotatable bonds is 7. The standard InChI is InChI=1S/C15H16O6/c1-3-8-9(5-6-16)13(15(20)21)11(14(18)19)7-10(8)12(17)4-2/h4,7,16H,2-3,5-6H2,1H3,(H,18,19)(H,20,21). The summed E-state index contributed by atoms with van der Waals surface area (Å²) in [6.07, 6.45) is 1.34. The van der Waals surface area contributed by atoms with E-state index in [4.69, 9.17) is 5.11 Å². The molecular formula is C15H16O6.